The Balaban J connectivity index is 1.75. The molecule has 1 aromatic carbocycles. The molecule has 0 radical (unpaired) electrons. The van der Waals surface area contributed by atoms with Crippen LogP contribution >= 0.6 is 0 Å². The molecule has 2 aliphatic carbocycles. The minimum Gasteiger partial charge on any atom is -0.391 e. The topological polar surface area (TPSA) is 32.3 Å². The van der Waals surface area contributed by atoms with Gasteiger partial charge < -0.3 is 10.4 Å². The maximum atomic E-state index is 9.78. The van der Waals surface area contributed by atoms with E-state index in [-0.39, 0.29) is 12.1 Å². The summed E-state index contributed by atoms with van der Waals surface area (Å²) in [7, 11) is 0. The molecule has 16 heavy (non-hydrogen) atoms. The van der Waals surface area contributed by atoms with E-state index < -0.39 is 0 Å². The normalized spacial score (nSPS) is 28.1. The minimum atomic E-state index is -0.159. The van der Waals surface area contributed by atoms with Crippen molar-refractivity contribution in [1.29, 1.82) is 0 Å². The summed E-state index contributed by atoms with van der Waals surface area (Å²) < 4.78 is 0. The first-order valence-corrected chi connectivity index (χ1v) is 6.39. The van der Waals surface area contributed by atoms with Gasteiger partial charge in [-0.3, -0.25) is 0 Å². The van der Waals surface area contributed by atoms with E-state index >= 15 is 0 Å². The number of aryl methyl sites for hydroxylation is 2. The molecule has 2 unspecified atom stereocenters. The second-order valence-electron chi connectivity index (χ2n) is 5.09. The first-order valence-electron chi connectivity index (χ1n) is 6.39. The average Bonchev–Trinajstić information content (AvgIpc) is 2.88. The van der Waals surface area contributed by atoms with Crippen LogP contribution in [0.3, 0.4) is 0 Å². The summed E-state index contributed by atoms with van der Waals surface area (Å²) in [5.41, 5.74) is 4.20. The van der Waals surface area contributed by atoms with Gasteiger partial charge in [0.15, 0.2) is 0 Å². The highest BCUT2D eigenvalue weighted by Crippen LogP contribution is 2.27. The quantitative estimate of drug-likeness (QED) is 0.797. The minimum absolute atomic E-state index is 0.159. The molecule has 1 fully saturated rings. The van der Waals surface area contributed by atoms with Gasteiger partial charge in [-0.05, 0) is 61.8 Å². The second-order valence-corrected chi connectivity index (χ2v) is 5.09. The van der Waals surface area contributed by atoms with E-state index in [1.165, 1.54) is 36.1 Å². The molecule has 1 saturated carbocycles. The SMILES string of the molecule is OC1CCCC1Nc1ccc2c(c1)CCC2. The summed E-state index contributed by atoms with van der Waals surface area (Å²) in [4.78, 5) is 0. The van der Waals surface area contributed by atoms with Crippen molar-refractivity contribution >= 4 is 5.69 Å². The van der Waals surface area contributed by atoms with Gasteiger partial charge in [0.05, 0.1) is 12.1 Å². The van der Waals surface area contributed by atoms with Gasteiger partial charge in [-0.2, -0.15) is 0 Å². The van der Waals surface area contributed by atoms with E-state index in [4.69, 9.17) is 0 Å². The van der Waals surface area contributed by atoms with Crippen LogP contribution in [0.15, 0.2) is 18.2 Å². The fourth-order valence-electron chi connectivity index (χ4n) is 2.98. The summed E-state index contributed by atoms with van der Waals surface area (Å²) in [5, 5.41) is 13.3. The fraction of sp³-hybridized carbons (Fsp3) is 0.571. The summed E-state index contributed by atoms with van der Waals surface area (Å²) in [6.45, 7) is 0. The van der Waals surface area contributed by atoms with Crippen molar-refractivity contribution in [1.82, 2.24) is 0 Å². The lowest BCUT2D eigenvalue weighted by Gasteiger charge is -2.18. The van der Waals surface area contributed by atoms with Crippen LogP contribution in [0.1, 0.15) is 36.8 Å². The average molecular weight is 217 g/mol. The fourth-order valence-corrected chi connectivity index (χ4v) is 2.98. The second kappa shape index (κ2) is 4.10. The van der Waals surface area contributed by atoms with Gasteiger partial charge in [0.25, 0.3) is 0 Å². The van der Waals surface area contributed by atoms with Crippen LogP contribution < -0.4 is 5.32 Å². The zero-order chi connectivity index (χ0) is 11.0. The van der Waals surface area contributed by atoms with Gasteiger partial charge in [-0.1, -0.05) is 6.07 Å². The van der Waals surface area contributed by atoms with Crippen molar-refractivity contribution < 1.29 is 5.11 Å². The molecule has 0 aliphatic heterocycles. The van der Waals surface area contributed by atoms with Crippen molar-refractivity contribution in [2.24, 2.45) is 0 Å². The first kappa shape index (κ1) is 10.2. The Kier molecular flexibility index (Phi) is 2.60. The van der Waals surface area contributed by atoms with Crippen LogP contribution in [0.4, 0.5) is 5.69 Å². The molecule has 2 aliphatic rings. The molecule has 0 bridgehead atoms. The molecular weight excluding hydrogens is 198 g/mol. The van der Waals surface area contributed by atoms with Gasteiger partial charge in [-0.25, -0.2) is 0 Å². The molecular formula is C14H19NO. The highest BCUT2D eigenvalue weighted by atomic mass is 16.3. The van der Waals surface area contributed by atoms with Gasteiger partial charge in [0, 0.05) is 5.69 Å². The van der Waals surface area contributed by atoms with Crippen LogP contribution in [-0.4, -0.2) is 17.3 Å². The first-order chi connectivity index (χ1) is 7.83. The van der Waals surface area contributed by atoms with E-state index in [0.717, 1.165) is 19.3 Å². The van der Waals surface area contributed by atoms with Crippen molar-refractivity contribution in [2.45, 2.75) is 50.7 Å². The van der Waals surface area contributed by atoms with Gasteiger partial charge in [-0.15, -0.1) is 0 Å². The monoisotopic (exact) mass is 217 g/mol. The Morgan fingerprint density at radius 3 is 2.75 bits per heavy atom. The number of rotatable bonds is 2. The zero-order valence-electron chi connectivity index (χ0n) is 9.58. The van der Waals surface area contributed by atoms with E-state index in [2.05, 4.69) is 23.5 Å². The number of anilines is 1. The molecule has 86 valence electrons. The Bertz CT molecular complexity index is 388. The summed E-state index contributed by atoms with van der Waals surface area (Å²) >= 11 is 0. The van der Waals surface area contributed by atoms with Crippen molar-refractivity contribution in [3.63, 3.8) is 0 Å². The van der Waals surface area contributed by atoms with E-state index in [1.807, 2.05) is 0 Å². The largest absolute Gasteiger partial charge is 0.391 e. The number of nitrogens with one attached hydrogen (secondary N) is 1. The Morgan fingerprint density at radius 2 is 1.94 bits per heavy atom. The molecule has 2 N–H and O–H groups in total. The third kappa shape index (κ3) is 1.82. The third-order valence-corrected chi connectivity index (χ3v) is 3.93. The highest BCUT2D eigenvalue weighted by Gasteiger charge is 2.25. The van der Waals surface area contributed by atoms with Crippen LogP contribution in [0.2, 0.25) is 0 Å². The Labute approximate surface area is 96.7 Å². The predicted octanol–water partition coefficient (Wildman–Crippen LogP) is 2.50. The summed E-state index contributed by atoms with van der Waals surface area (Å²) in [6, 6.07) is 6.94. The molecule has 0 saturated heterocycles. The standard InChI is InChI=1S/C14H19NO/c16-14-6-2-5-13(14)15-12-8-7-10-3-1-4-11(10)9-12/h7-9,13-16H,1-6H2. The molecule has 1 aromatic rings. The van der Waals surface area contributed by atoms with Crippen LogP contribution in [-0.2, 0) is 12.8 Å². The van der Waals surface area contributed by atoms with Gasteiger partial charge in [0.2, 0.25) is 0 Å². The van der Waals surface area contributed by atoms with Gasteiger partial charge in [0.1, 0.15) is 0 Å². The number of hydrogen-bond acceptors (Lipinski definition) is 2. The zero-order valence-corrected chi connectivity index (χ0v) is 9.58. The number of aliphatic hydroxyl groups excluding tert-OH is 1. The maximum absolute atomic E-state index is 9.78. The number of fused-ring (bicyclic) bond motifs is 1. The molecule has 0 amide bonds. The molecule has 2 atom stereocenters. The summed E-state index contributed by atoms with van der Waals surface area (Å²) in [6.07, 6.45) is 6.78. The molecule has 3 rings (SSSR count). The predicted molar refractivity (Wildman–Crippen MR) is 65.7 cm³/mol. The number of aliphatic hydroxyl groups is 1. The van der Waals surface area contributed by atoms with Crippen LogP contribution in [0, 0.1) is 0 Å². The van der Waals surface area contributed by atoms with E-state index in [0.29, 0.717) is 0 Å². The third-order valence-electron chi connectivity index (χ3n) is 3.93. The smallest absolute Gasteiger partial charge is 0.0741 e. The lowest BCUT2D eigenvalue weighted by atomic mass is 10.1. The Hall–Kier alpha value is -1.02. The number of hydrogen-bond donors (Lipinski definition) is 2. The molecule has 0 aromatic heterocycles. The molecule has 2 heteroatoms. The molecule has 2 nitrogen and oxygen atoms in total. The maximum Gasteiger partial charge on any atom is 0.0741 e. The van der Waals surface area contributed by atoms with E-state index in [9.17, 15) is 5.11 Å². The molecule has 0 heterocycles. The van der Waals surface area contributed by atoms with Crippen LogP contribution in [0.25, 0.3) is 0 Å². The van der Waals surface area contributed by atoms with Crippen molar-refractivity contribution in [3.8, 4) is 0 Å². The lowest BCUT2D eigenvalue weighted by Crippen LogP contribution is -2.27. The van der Waals surface area contributed by atoms with Crippen molar-refractivity contribution in [3.05, 3.63) is 29.3 Å². The van der Waals surface area contributed by atoms with E-state index in [1.54, 1.807) is 0 Å². The van der Waals surface area contributed by atoms with Crippen LogP contribution in [0.5, 0.6) is 0 Å². The highest BCUT2D eigenvalue weighted by molar-refractivity contribution is 5.51. The Morgan fingerprint density at radius 1 is 1.06 bits per heavy atom. The van der Waals surface area contributed by atoms with Crippen molar-refractivity contribution in [2.75, 3.05) is 5.32 Å². The molecule has 0 spiro atoms. The number of benzene rings is 1. The van der Waals surface area contributed by atoms with Gasteiger partial charge >= 0.3 is 0 Å². The summed E-state index contributed by atoms with van der Waals surface area (Å²) in [5.74, 6) is 0. The lowest BCUT2D eigenvalue weighted by molar-refractivity contribution is 0.172.